The number of fused-ring (bicyclic) bond motifs is 3. The smallest absolute Gasteiger partial charge is 0.234 e. The predicted octanol–water partition coefficient (Wildman–Crippen LogP) is 2.78. The zero-order chi connectivity index (χ0) is 18.4. The molecule has 1 amide bonds. The first-order chi connectivity index (χ1) is 12.5. The van der Waals surface area contributed by atoms with Gasteiger partial charge in [-0.15, -0.1) is 23.4 Å². The highest BCUT2D eigenvalue weighted by Gasteiger charge is 2.54. The molecule has 1 saturated carbocycles. The second kappa shape index (κ2) is 7.19. The van der Waals surface area contributed by atoms with E-state index in [1.807, 2.05) is 12.5 Å². The van der Waals surface area contributed by atoms with Crippen LogP contribution in [-0.4, -0.2) is 40.8 Å². The monoisotopic (exact) mass is 392 g/mol. The number of aliphatic hydroxyl groups excluding tert-OH is 1. The number of hydrogen-bond acceptors (Lipinski definition) is 4. The molecule has 0 aromatic heterocycles. The molecule has 0 spiro atoms. The Labute approximate surface area is 163 Å². The molecule has 1 saturated heterocycles. The van der Waals surface area contributed by atoms with E-state index in [-0.39, 0.29) is 46.4 Å². The Balaban J connectivity index is 1.69. The molecule has 1 aromatic carbocycles. The van der Waals surface area contributed by atoms with Gasteiger partial charge in [-0.25, -0.2) is 0 Å². The lowest BCUT2D eigenvalue weighted by Gasteiger charge is -2.50. The molecule has 140 valence electrons. The molecule has 26 heavy (non-hydrogen) atoms. The molecule has 4 nitrogen and oxygen atoms in total. The minimum Gasteiger partial charge on any atom is -0.392 e. The van der Waals surface area contributed by atoms with Crippen LogP contribution in [0.3, 0.4) is 0 Å². The lowest BCUT2D eigenvalue weighted by atomic mass is 9.63. The van der Waals surface area contributed by atoms with Gasteiger partial charge >= 0.3 is 0 Å². The van der Waals surface area contributed by atoms with Gasteiger partial charge in [0.1, 0.15) is 0 Å². The minimum atomic E-state index is -0.499. The Kier molecular flexibility index (Phi) is 5.08. The Bertz CT molecular complexity index is 710. The first-order valence-electron chi connectivity index (χ1n) is 9.23. The number of amides is 1. The number of allylic oxidation sites excluding steroid dienone is 1. The van der Waals surface area contributed by atoms with Crippen LogP contribution in [0.15, 0.2) is 35.7 Å². The fourth-order valence-corrected chi connectivity index (χ4v) is 6.25. The summed E-state index contributed by atoms with van der Waals surface area (Å²) in [4.78, 5) is 12.5. The van der Waals surface area contributed by atoms with Gasteiger partial charge in [0.05, 0.1) is 16.7 Å². The van der Waals surface area contributed by atoms with E-state index in [2.05, 4.69) is 47.9 Å². The maximum atomic E-state index is 12.5. The standard InChI is InChI=1S/C20H25ClN2O2S/c1-10(22-2)11-3-5-12(6-4-11)16-15(24)9-14(21)18-17(16)13-7-8-26-19(13)20(25)23-18/h3-8,10,13-19,22,24H,9H2,1-2H3,(H,23,25)/t10-,13?,14?,15?,16?,17?,18?,19?/m0/s1. The second-order valence-electron chi connectivity index (χ2n) is 7.60. The molecular formula is C20H25ClN2O2S. The third-order valence-corrected chi connectivity index (χ3v) is 7.83. The van der Waals surface area contributed by atoms with Crippen molar-refractivity contribution >= 4 is 29.3 Å². The molecular weight excluding hydrogens is 368 g/mol. The van der Waals surface area contributed by atoms with Gasteiger partial charge in [-0.3, -0.25) is 4.79 Å². The molecule has 4 rings (SSSR count). The van der Waals surface area contributed by atoms with Crippen LogP contribution in [-0.2, 0) is 4.79 Å². The summed E-state index contributed by atoms with van der Waals surface area (Å²) in [6, 6.07) is 8.69. The van der Waals surface area contributed by atoms with Gasteiger partial charge in [0.15, 0.2) is 0 Å². The average molecular weight is 393 g/mol. The number of rotatable bonds is 3. The molecule has 6 heteroatoms. The zero-order valence-electron chi connectivity index (χ0n) is 14.9. The highest BCUT2D eigenvalue weighted by atomic mass is 35.5. The number of piperidine rings is 1. The molecule has 3 N–H and O–H groups in total. The number of halogens is 1. The summed E-state index contributed by atoms with van der Waals surface area (Å²) >= 11 is 8.14. The third-order valence-electron chi connectivity index (χ3n) is 6.24. The van der Waals surface area contributed by atoms with Crippen molar-refractivity contribution in [2.24, 2.45) is 11.8 Å². The van der Waals surface area contributed by atoms with E-state index in [0.29, 0.717) is 6.42 Å². The highest BCUT2D eigenvalue weighted by molar-refractivity contribution is 8.03. The summed E-state index contributed by atoms with van der Waals surface area (Å²) in [6.07, 6.45) is 2.13. The lowest BCUT2D eigenvalue weighted by molar-refractivity contribution is -0.126. The zero-order valence-corrected chi connectivity index (χ0v) is 16.5. The van der Waals surface area contributed by atoms with Crippen molar-refractivity contribution in [1.82, 2.24) is 10.6 Å². The molecule has 2 heterocycles. The maximum absolute atomic E-state index is 12.5. The number of hydrogen-bond donors (Lipinski definition) is 3. The Morgan fingerprint density at radius 2 is 2.08 bits per heavy atom. The third kappa shape index (κ3) is 2.99. The van der Waals surface area contributed by atoms with Gasteiger partial charge in [-0.2, -0.15) is 0 Å². The van der Waals surface area contributed by atoms with Crippen molar-refractivity contribution in [3.05, 3.63) is 46.9 Å². The van der Waals surface area contributed by atoms with E-state index >= 15 is 0 Å². The number of benzene rings is 1. The number of carbonyl (C=O) groups excluding carboxylic acids is 1. The average Bonchev–Trinajstić information content (AvgIpc) is 3.13. The van der Waals surface area contributed by atoms with Crippen LogP contribution in [0, 0.1) is 11.8 Å². The van der Waals surface area contributed by atoms with E-state index in [1.54, 1.807) is 11.8 Å². The molecule has 2 aliphatic heterocycles. The number of nitrogens with one attached hydrogen (secondary N) is 2. The molecule has 2 fully saturated rings. The normalized spacial score (nSPS) is 39.8. The minimum absolute atomic E-state index is 0.0228. The lowest BCUT2D eigenvalue weighted by Crippen LogP contribution is -2.63. The molecule has 0 bridgehead atoms. The first kappa shape index (κ1) is 18.4. The number of thioether (sulfide) groups is 1. The number of aliphatic hydroxyl groups is 1. The fraction of sp³-hybridized carbons (Fsp3) is 0.550. The molecule has 3 aliphatic rings. The van der Waals surface area contributed by atoms with Crippen LogP contribution >= 0.6 is 23.4 Å². The second-order valence-corrected chi connectivity index (χ2v) is 9.21. The van der Waals surface area contributed by atoms with E-state index < -0.39 is 6.10 Å². The summed E-state index contributed by atoms with van der Waals surface area (Å²) in [5, 5.41) is 19.0. The summed E-state index contributed by atoms with van der Waals surface area (Å²) in [7, 11) is 1.95. The van der Waals surface area contributed by atoms with Crippen molar-refractivity contribution < 1.29 is 9.90 Å². The van der Waals surface area contributed by atoms with Crippen LogP contribution in [0.5, 0.6) is 0 Å². The molecule has 1 aliphatic carbocycles. The van der Waals surface area contributed by atoms with Crippen LogP contribution in [0.2, 0.25) is 0 Å². The van der Waals surface area contributed by atoms with Gasteiger partial charge in [-0.1, -0.05) is 30.3 Å². The molecule has 7 unspecified atom stereocenters. The van der Waals surface area contributed by atoms with Crippen molar-refractivity contribution in [2.45, 2.75) is 48.1 Å². The largest absolute Gasteiger partial charge is 0.392 e. The van der Waals surface area contributed by atoms with E-state index in [0.717, 1.165) is 5.56 Å². The Morgan fingerprint density at radius 3 is 2.77 bits per heavy atom. The molecule has 0 radical (unpaired) electrons. The topological polar surface area (TPSA) is 61.4 Å². The van der Waals surface area contributed by atoms with E-state index in [9.17, 15) is 9.90 Å². The predicted molar refractivity (Wildman–Crippen MR) is 106 cm³/mol. The van der Waals surface area contributed by atoms with E-state index in [4.69, 9.17) is 11.6 Å². The molecule has 8 atom stereocenters. The number of alkyl halides is 1. The fourth-order valence-electron chi connectivity index (χ4n) is 4.75. The molecule has 1 aromatic rings. The van der Waals surface area contributed by atoms with Gasteiger partial charge in [0.25, 0.3) is 0 Å². The quantitative estimate of drug-likeness (QED) is 0.692. The first-order valence-corrected chi connectivity index (χ1v) is 10.6. The summed E-state index contributed by atoms with van der Waals surface area (Å²) in [5.74, 6) is 0.286. The van der Waals surface area contributed by atoms with Crippen molar-refractivity contribution in [1.29, 1.82) is 0 Å². The van der Waals surface area contributed by atoms with Crippen LogP contribution in [0.4, 0.5) is 0 Å². The van der Waals surface area contributed by atoms with Crippen LogP contribution < -0.4 is 10.6 Å². The Morgan fingerprint density at radius 1 is 1.35 bits per heavy atom. The highest BCUT2D eigenvalue weighted by Crippen LogP contribution is 2.51. The van der Waals surface area contributed by atoms with Crippen LogP contribution in [0.25, 0.3) is 0 Å². The van der Waals surface area contributed by atoms with E-state index in [1.165, 1.54) is 5.56 Å². The van der Waals surface area contributed by atoms with Crippen molar-refractivity contribution in [3.8, 4) is 0 Å². The van der Waals surface area contributed by atoms with Gasteiger partial charge in [0.2, 0.25) is 5.91 Å². The Hall–Kier alpha value is -1.01. The van der Waals surface area contributed by atoms with Gasteiger partial charge in [-0.05, 0) is 42.8 Å². The van der Waals surface area contributed by atoms with Crippen molar-refractivity contribution in [3.63, 3.8) is 0 Å². The SMILES string of the molecule is CN[C@@H](C)c1ccc(C2C(O)CC(Cl)C3NC(=O)C4SC=CC4C32)cc1. The summed E-state index contributed by atoms with van der Waals surface area (Å²) in [6.45, 7) is 2.13. The van der Waals surface area contributed by atoms with Gasteiger partial charge in [0, 0.05) is 23.9 Å². The summed E-state index contributed by atoms with van der Waals surface area (Å²) in [5.41, 5.74) is 2.35. The van der Waals surface area contributed by atoms with Crippen molar-refractivity contribution in [2.75, 3.05) is 7.05 Å². The summed E-state index contributed by atoms with van der Waals surface area (Å²) < 4.78 is 0. The number of carbonyl (C=O) groups is 1. The van der Waals surface area contributed by atoms with Crippen LogP contribution in [0.1, 0.15) is 36.4 Å². The maximum Gasteiger partial charge on any atom is 0.234 e. The van der Waals surface area contributed by atoms with Gasteiger partial charge < -0.3 is 15.7 Å².